The maximum Gasteiger partial charge on any atom is 0.250 e. The Labute approximate surface area is 118 Å². The molecule has 0 spiro atoms. The van der Waals surface area contributed by atoms with E-state index in [4.69, 9.17) is 0 Å². The highest BCUT2D eigenvalue weighted by molar-refractivity contribution is 8.13. The number of benzene rings is 1. The Balaban J connectivity index is 2.12. The summed E-state index contributed by atoms with van der Waals surface area (Å²) in [5, 5.41) is 3.53. The quantitative estimate of drug-likeness (QED) is 0.921. The van der Waals surface area contributed by atoms with Crippen molar-refractivity contribution in [3.05, 3.63) is 29.3 Å². The zero-order valence-electron chi connectivity index (χ0n) is 11.7. The van der Waals surface area contributed by atoms with Crippen molar-refractivity contribution in [1.29, 1.82) is 0 Å². The molecule has 0 radical (unpaired) electrons. The standard InChI is InChI=1S/C14H19N3OS/c1-9-6-5-7-12(17(3)4)11(9)8-19-14-15-10(2)13(18)16-14/h5-7,10H,8H2,1-4H3,(H,15,16,18). The summed E-state index contributed by atoms with van der Waals surface area (Å²) < 4.78 is 0. The Morgan fingerprint density at radius 3 is 2.74 bits per heavy atom. The van der Waals surface area contributed by atoms with Crippen LogP contribution >= 0.6 is 11.8 Å². The third-order valence-corrected chi connectivity index (χ3v) is 4.05. The van der Waals surface area contributed by atoms with Crippen LogP contribution < -0.4 is 10.2 Å². The van der Waals surface area contributed by atoms with Gasteiger partial charge in [0.1, 0.15) is 6.04 Å². The van der Waals surface area contributed by atoms with Crippen molar-refractivity contribution in [3.8, 4) is 0 Å². The summed E-state index contributed by atoms with van der Waals surface area (Å²) in [6.07, 6.45) is 0. The molecule has 2 rings (SSSR count). The first-order chi connectivity index (χ1) is 8.99. The number of hydrogen-bond acceptors (Lipinski definition) is 4. The van der Waals surface area contributed by atoms with Crippen molar-refractivity contribution in [3.63, 3.8) is 0 Å². The lowest BCUT2D eigenvalue weighted by molar-refractivity contribution is -0.119. The predicted octanol–water partition coefficient (Wildman–Crippen LogP) is 2.17. The lowest BCUT2D eigenvalue weighted by Gasteiger charge is -2.19. The van der Waals surface area contributed by atoms with E-state index < -0.39 is 0 Å². The van der Waals surface area contributed by atoms with Gasteiger partial charge < -0.3 is 10.2 Å². The monoisotopic (exact) mass is 277 g/mol. The Morgan fingerprint density at radius 2 is 2.16 bits per heavy atom. The molecule has 0 saturated heterocycles. The molecule has 1 aromatic rings. The minimum absolute atomic E-state index is 0.0138. The van der Waals surface area contributed by atoms with Gasteiger partial charge in [-0.3, -0.25) is 4.79 Å². The molecule has 0 aliphatic carbocycles. The first-order valence-electron chi connectivity index (χ1n) is 6.26. The summed E-state index contributed by atoms with van der Waals surface area (Å²) in [6.45, 7) is 3.92. The zero-order chi connectivity index (χ0) is 14.0. The summed E-state index contributed by atoms with van der Waals surface area (Å²) in [7, 11) is 4.08. The summed E-state index contributed by atoms with van der Waals surface area (Å²) in [5.41, 5.74) is 3.76. The number of nitrogens with one attached hydrogen (secondary N) is 1. The van der Waals surface area contributed by atoms with E-state index in [0.717, 1.165) is 10.9 Å². The molecule has 0 bridgehead atoms. The highest BCUT2D eigenvalue weighted by Crippen LogP contribution is 2.27. The summed E-state index contributed by atoms with van der Waals surface area (Å²) in [5.74, 6) is 0.798. The average molecular weight is 277 g/mol. The third-order valence-electron chi connectivity index (χ3n) is 3.14. The van der Waals surface area contributed by atoms with E-state index in [0.29, 0.717) is 0 Å². The van der Waals surface area contributed by atoms with E-state index in [-0.39, 0.29) is 11.9 Å². The first kappa shape index (κ1) is 13.9. The third kappa shape index (κ3) is 3.10. The van der Waals surface area contributed by atoms with Gasteiger partial charge in [0.2, 0.25) is 0 Å². The number of nitrogens with zero attached hydrogens (tertiary/aromatic N) is 2. The molecule has 1 N–H and O–H groups in total. The number of hydrogen-bond donors (Lipinski definition) is 1. The van der Waals surface area contributed by atoms with Crippen molar-refractivity contribution in [2.45, 2.75) is 25.6 Å². The Kier molecular flexibility index (Phi) is 4.14. The number of amidine groups is 1. The largest absolute Gasteiger partial charge is 0.377 e. The van der Waals surface area contributed by atoms with Gasteiger partial charge in [-0.25, -0.2) is 4.99 Å². The van der Waals surface area contributed by atoms with Gasteiger partial charge in [0.05, 0.1) is 0 Å². The Morgan fingerprint density at radius 1 is 1.42 bits per heavy atom. The number of rotatable bonds is 3. The van der Waals surface area contributed by atoms with Crippen LogP contribution in [0.5, 0.6) is 0 Å². The van der Waals surface area contributed by atoms with Gasteiger partial charge in [-0.15, -0.1) is 0 Å². The molecule has 1 heterocycles. The van der Waals surface area contributed by atoms with E-state index in [1.165, 1.54) is 16.8 Å². The van der Waals surface area contributed by atoms with Crippen LogP contribution in [0.2, 0.25) is 0 Å². The maximum absolute atomic E-state index is 11.4. The van der Waals surface area contributed by atoms with E-state index in [9.17, 15) is 4.79 Å². The van der Waals surface area contributed by atoms with Crippen LogP contribution in [0.4, 0.5) is 5.69 Å². The molecule has 0 aromatic heterocycles. The SMILES string of the molecule is Cc1cccc(N(C)C)c1CSC1=NC(C)C(=O)N1. The first-order valence-corrected chi connectivity index (χ1v) is 7.25. The van der Waals surface area contributed by atoms with Crippen LogP contribution in [-0.2, 0) is 10.5 Å². The van der Waals surface area contributed by atoms with Gasteiger partial charge in [0, 0.05) is 25.5 Å². The molecule has 1 unspecified atom stereocenters. The fraction of sp³-hybridized carbons (Fsp3) is 0.429. The number of amides is 1. The van der Waals surface area contributed by atoms with Crippen molar-refractivity contribution >= 4 is 28.5 Å². The van der Waals surface area contributed by atoms with E-state index in [2.05, 4.69) is 40.3 Å². The minimum Gasteiger partial charge on any atom is -0.377 e. The van der Waals surface area contributed by atoms with Crippen LogP contribution in [-0.4, -0.2) is 31.2 Å². The topological polar surface area (TPSA) is 44.7 Å². The molecule has 102 valence electrons. The molecule has 1 aromatic carbocycles. The molecule has 1 aliphatic rings. The molecular weight excluding hydrogens is 258 g/mol. The summed E-state index contributed by atoms with van der Waals surface area (Å²) in [4.78, 5) is 17.8. The number of aryl methyl sites for hydroxylation is 1. The van der Waals surface area contributed by atoms with E-state index in [1.807, 2.05) is 21.0 Å². The van der Waals surface area contributed by atoms with Crippen LogP contribution in [0.1, 0.15) is 18.1 Å². The van der Waals surface area contributed by atoms with Crippen molar-refractivity contribution < 1.29 is 4.79 Å². The van der Waals surface area contributed by atoms with Crippen molar-refractivity contribution in [2.24, 2.45) is 4.99 Å². The fourth-order valence-electron chi connectivity index (χ4n) is 1.98. The number of thioether (sulfide) groups is 1. The highest BCUT2D eigenvalue weighted by atomic mass is 32.2. The molecule has 1 aliphatic heterocycles. The molecule has 4 nitrogen and oxygen atoms in total. The second-order valence-electron chi connectivity index (χ2n) is 4.86. The number of aliphatic imine (C=N–C) groups is 1. The average Bonchev–Trinajstić information content (AvgIpc) is 2.67. The van der Waals surface area contributed by atoms with Crippen LogP contribution in [0.3, 0.4) is 0 Å². The van der Waals surface area contributed by atoms with Crippen LogP contribution in [0.25, 0.3) is 0 Å². The van der Waals surface area contributed by atoms with Gasteiger partial charge in [-0.1, -0.05) is 23.9 Å². The lowest BCUT2D eigenvalue weighted by atomic mass is 10.1. The molecular formula is C14H19N3OS. The second-order valence-corrected chi connectivity index (χ2v) is 5.82. The number of anilines is 1. The maximum atomic E-state index is 11.4. The van der Waals surface area contributed by atoms with Crippen LogP contribution in [0.15, 0.2) is 23.2 Å². The van der Waals surface area contributed by atoms with Gasteiger partial charge in [0.15, 0.2) is 5.17 Å². The van der Waals surface area contributed by atoms with E-state index in [1.54, 1.807) is 11.8 Å². The zero-order valence-corrected chi connectivity index (χ0v) is 12.5. The van der Waals surface area contributed by atoms with Gasteiger partial charge in [0.25, 0.3) is 5.91 Å². The number of carbonyl (C=O) groups is 1. The number of carbonyl (C=O) groups excluding carboxylic acids is 1. The van der Waals surface area contributed by atoms with Crippen LogP contribution in [0, 0.1) is 6.92 Å². The predicted molar refractivity (Wildman–Crippen MR) is 81.8 cm³/mol. The van der Waals surface area contributed by atoms with Gasteiger partial charge >= 0.3 is 0 Å². The van der Waals surface area contributed by atoms with E-state index >= 15 is 0 Å². The molecule has 0 fully saturated rings. The van der Waals surface area contributed by atoms with Gasteiger partial charge in [-0.05, 0) is 31.0 Å². The minimum atomic E-state index is -0.257. The molecule has 1 atom stereocenters. The molecule has 5 heteroatoms. The summed E-state index contributed by atoms with van der Waals surface area (Å²) in [6, 6.07) is 6.03. The molecule has 19 heavy (non-hydrogen) atoms. The highest BCUT2D eigenvalue weighted by Gasteiger charge is 2.22. The Hall–Kier alpha value is -1.49. The fourth-order valence-corrected chi connectivity index (χ4v) is 3.05. The van der Waals surface area contributed by atoms with Gasteiger partial charge in [-0.2, -0.15) is 0 Å². The summed E-state index contributed by atoms with van der Waals surface area (Å²) >= 11 is 1.58. The van der Waals surface area contributed by atoms with Crippen molar-refractivity contribution in [1.82, 2.24) is 5.32 Å². The Bertz CT molecular complexity index is 525. The molecule has 0 saturated carbocycles. The molecule has 1 amide bonds. The smallest absolute Gasteiger partial charge is 0.250 e. The second kappa shape index (κ2) is 5.65. The lowest BCUT2D eigenvalue weighted by Crippen LogP contribution is -2.25. The normalized spacial score (nSPS) is 18.2. The van der Waals surface area contributed by atoms with Crippen molar-refractivity contribution in [2.75, 3.05) is 19.0 Å².